The van der Waals surface area contributed by atoms with Crippen molar-refractivity contribution in [2.45, 2.75) is 32.8 Å². The van der Waals surface area contributed by atoms with Crippen LogP contribution in [0.15, 0.2) is 54.7 Å². The molecule has 0 saturated carbocycles. The first-order chi connectivity index (χ1) is 18.6. The SMILES string of the molecule is Cn1ncc2cc(-c3cc(C(N)=O)c4c(c3)-c3ccc(N5CCN(C(=O)OC(C)(C)C)CC5)cc3C4)ccc21. The van der Waals surface area contributed by atoms with E-state index in [-0.39, 0.29) is 6.09 Å². The number of aromatic nitrogens is 2. The summed E-state index contributed by atoms with van der Waals surface area (Å²) in [6.45, 7) is 8.35. The highest BCUT2D eigenvalue weighted by atomic mass is 16.6. The summed E-state index contributed by atoms with van der Waals surface area (Å²) >= 11 is 0. The van der Waals surface area contributed by atoms with Crippen LogP contribution >= 0.6 is 0 Å². The molecule has 39 heavy (non-hydrogen) atoms. The van der Waals surface area contributed by atoms with Crippen LogP contribution in [0, 0.1) is 0 Å². The quantitative estimate of drug-likeness (QED) is 0.361. The number of nitrogens with zero attached hydrogens (tertiary/aromatic N) is 4. The Balaban J connectivity index is 1.27. The Bertz CT molecular complexity index is 1620. The molecule has 1 aliphatic carbocycles. The number of ether oxygens (including phenoxy) is 1. The van der Waals surface area contributed by atoms with Gasteiger partial charge in [0.2, 0.25) is 5.91 Å². The van der Waals surface area contributed by atoms with E-state index in [0.29, 0.717) is 25.1 Å². The molecule has 3 aromatic carbocycles. The molecular weight excluding hydrogens is 490 g/mol. The summed E-state index contributed by atoms with van der Waals surface area (Å²) in [7, 11) is 1.93. The molecule has 0 bridgehead atoms. The van der Waals surface area contributed by atoms with Crippen LogP contribution in [0.5, 0.6) is 0 Å². The fourth-order valence-corrected chi connectivity index (χ4v) is 5.68. The standard InChI is InChI=1S/C31H33N5O3/c1-31(2,3)39-30(38)36-11-9-35(10-12-36)23-6-7-24-21(14-23)17-26-25(24)15-20(16-27(26)29(32)37)19-5-8-28-22(13-19)18-33-34(28)4/h5-8,13-16,18H,9-12,17H2,1-4H3,(H2,32,37). The van der Waals surface area contributed by atoms with Crippen LogP contribution in [0.3, 0.4) is 0 Å². The second-order valence-corrected chi connectivity index (χ2v) is 11.4. The lowest BCUT2D eigenvalue weighted by atomic mass is 9.93. The number of hydrogen-bond donors (Lipinski definition) is 1. The van der Waals surface area contributed by atoms with Gasteiger partial charge in [-0.3, -0.25) is 9.48 Å². The molecule has 2 amide bonds. The molecule has 2 N–H and O–H groups in total. The zero-order valence-electron chi connectivity index (χ0n) is 22.8. The van der Waals surface area contributed by atoms with Crippen molar-refractivity contribution < 1.29 is 14.3 Å². The molecule has 8 nitrogen and oxygen atoms in total. The number of carbonyl (C=O) groups excluding carboxylic acids is 2. The summed E-state index contributed by atoms with van der Waals surface area (Å²) in [4.78, 5) is 29.1. The minimum atomic E-state index is -0.502. The van der Waals surface area contributed by atoms with E-state index in [0.717, 1.165) is 57.5 Å². The van der Waals surface area contributed by atoms with Gasteiger partial charge in [-0.1, -0.05) is 12.1 Å². The molecular formula is C31H33N5O3. The maximum Gasteiger partial charge on any atom is 0.410 e. The Morgan fingerprint density at radius 3 is 2.41 bits per heavy atom. The summed E-state index contributed by atoms with van der Waals surface area (Å²) in [6, 6.07) is 16.8. The third kappa shape index (κ3) is 4.60. The van der Waals surface area contributed by atoms with Gasteiger partial charge in [-0.15, -0.1) is 0 Å². The monoisotopic (exact) mass is 523 g/mol. The van der Waals surface area contributed by atoms with E-state index in [1.54, 1.807) is 4.90 Å². The highest BCUT2D eigenvalue weighted by Crippen LogP contribution is 2.42. The molecule has 2 aliphatic rings. The zero-order valence-corrected chi connectivity index (χ0v) is 22.8. The normalized spacial score (nSPS) is 14.9. The van der Waals surface area contributed by atoms with Gasteiger partial charge in [0.15, 0.2) is 0 Å². The molecule has 200 valence electrons. The van der Waals surface area contributed by atoms with E-state index in [1.165, 1.54) is 5.56 Å². The summed E-state index contributed by atoms with van der Waals surface area (Å²) in [5.41, 5.74) is 14.5. The van der Waals surface area contributed by atoms with Crippen molar-refractivity contribution in [3.8, 4) is 22.3 Å². The van der Waals surface area contributed by atoms with Crippen LogP contribution < -0.4 is 10.6 Å². The fraction of sp³-hybridized carbons (Fsp3) is 0.323. The number of rotatable bonds is 3. The van der Waals surface area contributed by atoms with Crippen molar-refractivity contribution in [2.24, 2.45) is 12.8 Å². The summed E-state index contributed by atoms with van der Waals surface area (Å²) < 4.78 is 7.38. The molecule has 1 aromatic heterocycles. The summed E-state index contributed by atoms with van der Waals surface area (Å²) in [6.07, 6.45) is 2.26. The van der Waals surface area contributed by atoms with Crippen LogP contribution in [0.1, 0.15) is 42.3 Å². The molecule has 1 aliphatic heterocycles. The number of nitrogens with two attached hydrogens (primary N) is 1. The van der Waals surface area contributed by atoms with Crippen LogP contribution in [0.4, 0.5) is 10.5 Å². The van der Waals surface area contributed by atoms with Crippen molar-refractivity contribution in [2.75, 3.05) is 31.1 Å². The first kappa shape index (κ1) is 25.0. The predicted octanol–water partition coefficient (Wildman–Crippen LogP) is 4.97. The predicted molar refractivity (Wildman–Crippen MR) is 153 cm³/mol. The average molecular weight is 524 g/mol. The molecule has 0 spiro atoms. The van der Waals surface area contributed by atoms with Crippen LogP contribution in [0.2, 0.25) is 0 Å². The van der Waals surface area contributed by atoms with Crippen molar-refractivity contribution in [3.05, 3.63) is 71.4 Å². The van der Waals surface area contributed by atoms with Crippen molar-refractivity contribution in [3.63, 3.8) is 0 Å². The molecule has 6 rings (SSSR count). The van der Waals surface area contributed by atoms with Crippen molar-refractivity contribution in [1.29, 1.82) is 0 Å². The second-order valence-electron chi connectivity index (χ2n) is 11.4. The van der Waals surface area contributed by atoms with Crippen LogP contribution in [-0.2, 0) is 18.2 Å². The maximum atomic E-state index is 12.6. The second kappa shape index (κ2) is 9.15. The number of amides is 2. The first-order valence-corrected chi connectivity index (χ1v) is 13.3. The fourth-order valence-electron chi connectivity index (χ4n) is 5.68. The lowest BCUT2D eigenvalue weighted by molar-refractivity contribution is 0.0240. The van der Waals surface area contributed by atoms with Crippen LogP contribution in [0.25, 0.3) is 33.2 Å². The largest absolute Gasteiger partial charge is 0.444 e. The van der Waals surface area contributed by atoms with Crippen molar-refractivity contribution in [1.82, 2.24) is 14.7 Å². The summed E-state index contributed by atoms with van der Waals surface area (Å²) in [5.74, 6) is -0.415. The minimum Gasteiger partial charge on any atom is -0.444 e. The van der Waals surface area contributed by atoms with Gasteiger partial charge in [-0.2, -0.15) is 5.10 Å². The smallest absolute Gasteiger partial charge is 0.410 e. The number of aryl methyl sites for hydroxylation is 1. The van der Waals surface area contributed by atoms with E-state index in [9.17, 15) is 9.59 Å². The van der Waals surface area contributed by atoms with E-state index in [4.69, 9.17) is 10.5 Å². The third-order valence-corrected chi connectivity index (χ3v) is 7.64. The number of carbonyl (C=O) groups is 2. The minimum absolute atomic E-state index is 0.260. The van der Waals surface area contributed by atoms with Gasteiger partial charge in [0.1, 0.15) is 5.60 Å². The number of anilines is 1. The Morgan fingerprint density at radius 2 is 1.69 bits per heavy atom. The number of piperazine rings is 1. The van der Waals surface area contributed by atoms with Gasteiger partial charge in [0.25, 0.3) is 0 Å². The average Bonchev–Trinajstić information content (AvgIpc) is 3.46. The zero-order chi connectivity index (χ0) is 27.5. The molecule has 2 heterocycles. The molecule has 8 heteroatoms. The van der Waals surface area contributed by atoms with Gasteiger partial charge >= 0.3 is 6.09 Å². The van der Waals surface area contributed by atoms with E-state index in [2.05, 4.69) is 52.5 Å². The Morgan fingerprint density at radius 1 is 0.923 bits per heavy atom. The Kier molecular flexibility index (Phi) is 5.86. The highest BCUT2D eigenvalue weighted by Gasteiger charge is 2.28. The van der Waals surface area contributed by atoms with Gasteiger partial charge in [-0.25, -0.2) is 4.79 Å². The van der Waals surface area contributed by atoms with Gasteiger partial charge in [0.05, 0.1) is 11.7 Å². The lowest BCUT2D eigenvalue weighted by Gasteiger charge is -2.37. The molecule has 0 atom stereocenters. The van der Waals surface area contributed by atoms with Gasteiger partial charge in [-0.05, 0) is 97.0 Å². The van der Waals surface area contributed by atoms with E-state index >= 15 is 0 Å². The highest BCUT2D eigenvalue weighted by molar-refractivity contribution is 6.00. The van der Waals surface area contributed by atoms with Crippen LogP contribution in [-0.4, -0.2) is 58.5 Å². The van der Waals surface area contributed by atoms with E-state index < -0.39 is 11.5 Å². The number of fused-ring (bicyclic) bond motifs is 4. The van der Waals surface area contributed by atoms with Crippen molar-refractivity contribution >= 4 is 28.6 Å². The van der Waals surface area contributed by atoms with E-state index in [1.807, 2.05) is 44.8 Å². The summed E-state index contributed by atoms with van der Waals surface area (Å²) in [5, 5.41) is 5.40. The van der Waals surface area contributed by atoms with Gasteiger partial charge < -0.3 is 20.3 Å². The third-order valence-electron chi connectivity index (χ3n) is 7.64. The first-order valence-electron chi connectivity index (χ1n) is 13.3. The molecule has 4 aromatic rings. The number of primary amides is 1. The number of benzene rings is 3. The van der Waals surface area contributed by atoms with Gasteiger partial charge in [0, 0.05) is 49.9 Å². The lowest BCUT2D eigenvalue weighted by Crippen LogP contribution is -2.50. The molecule has 1 saturated heterocycles. The molecule has 1 fully saturated rings. The maximum absolute atomic E-state index is 12.6. The Labute approximate surface area is 227 Å². The topological polar surface area (TPSA) is 93.7 Å². The Hall–Kier alpha value is -4.33. The molecule has 0 radical (unpaired) electrons. The number of hydrogen-bond acceptors (Lipinski definition) is 5. The molecule has 0 unspecified atom stereocenters.